The molecule has 28 heavy (non-hydrogen) atoms. The Morgan fingerprint density at radius 3 is 2.18 bits per heavy atom. The molecule has 2 aromatic carbocycles. The number of ketones is 1. The number of nitrogens with zero attached hydrogens (tertiary/aromatic N) is 2. The number of esters is 1. The fraction of sp³-hybridized carbons (Fsp3) is 0.143. The number of hydrogen-bond donors (Lipinski definition) is 1. The number of carbonyl (C=O) groups is 3. The van der Waals surface area contributed by atoms with Crippen molar-refractivity contribution >= 4 is 23.3 Å². The van der Waals surface area contributed by atoms with Crippen molar-refractivity contribution in [1.29, 1.82) is 5.26 Å². The van der Waals surface area contributed by atoms with Gasteiger partial charge in [-0.3, -0.25) is 9.59 Å². The maximum atomic E-state index is 12.8. The molecule has 0 bridgehead atoms. The zero-order valence-corrected chi connectivity index (χ0v) is 15.5. The zero-order valence-electron chi connectivity index (χ0n) is 15.5. The summed E-state index contributed by atoms with van der Waals surface area (Å²) in [7, 11) is 1.59. The summed E-state index contributed by atoms with van der Waals surface area (Å²) in [5.74, 6) is -1.95. The van der Waals surface area contributed by atoms with Gasteiger partial charge in [-0.1, -0.05) is 30.3 Å². The Morgan fingerprint density at radius 2 is 1.61 bits per heavy atom. The number of amides is 1. The van der Waals surface area contributed by atoms with Crippen LogP contribution in [0.3, 0.4) is 0 Å². The van der Waals surface area contributed by atoms with Gasteiger partial charge in [0.05, 0.1) is 11.1 Å². The first kappa shape index (κ1) is 20.4. The Balaban J connectivity index is 2.21. The van der Waals surface area contributed by atoms with Crippen LogP contribution in [0.2, 0.25) is 0 Å². The van der Waals surface area contributed by atoms with Crippen molar-refractivity contribution in [3.8, 4) is 6.07 Å². The third kappa shape index (κ3) is 4.62. The zero-order chi connectivity index (χ0) is 20.7. The van der Waals surface area contributed by atoms with Crippen LogP contribution in [0.4, 0.5) is 5.69 Å². The molecule has 0 unspecified atom stereocenters. The fourth-order valence-corrected chi connectivity index (χ4v) is 2.45. The van der Waals surface area contributed by atoms with Crippen LogP contribution in [-0.2, 0) is 9.53 Å². The molecule has 2 rings (SSSR count). The molecule has 7 nitrogen and oxygen atoms in total. The lowest BCUT2D eigenvalue weighted by Gasteiger charge is -2.18. The number of ether oxygens (including phenoxy) is 1. The summed E-state index contributed by atoms with van der Waals surface area (Å²) in [4.78, 5) is 38.6. The minimum atomic E-state index is -0.842. The highest BCUT2D eigenvalue weighted by Gasteiger charge is 2.22. The number of hydrogen-bond acceptors (Lipinski definition) is 6. The van der Waals surface area contributed by atoms with Gasteiger partial charge in [0.15, 0.2) is 6.61 Å². The summed E-state index contributed by atoms with van der Waals surface area (Å²) < 4.78 is 5.00. The van der Waals surface area contributed by atoms with Gasteiger partial charge < -0.3 is 15.4 Å². The van der Waals surface area contributed by atoms with Crippen molar-refractivity contribution in [3.05, 3.63) is 77.0 Å². The van der Waals surface area contributed by atoms with E-state index in [4.69, 9.17) is 15.7 Å². The molecule has 0 aliphatic heterocycles. The van der Waals surface area contributed by atoms with Crippen molar-refractivity contribution < 1.29 is 19.1 Å². The van der Waals surface area contributed by atoms with Crippen molar-refractivity contribution in [2.45, 2.75) is 6.92 Å². The number of para-hydroxylation sites is 1. The average molecular weight is 377 g/mol. The molecule has 0 spiro atoms. The highest BCUT2D eigenvalue weighted by atomic mass is 16.5. The molecular formula is C21H19N3O4. The minimum Gasteiger partial charge on any atom is -0.454 e. The lowest BCUT2D eigenvalue weighted by Crippen LogP contribution is -2.28. The van der Waals surface area contributed by atoms with Crippen LogP contribution >= 0.6 is 0 Å². The number of nitriles is 1. The van der Waals surface area contributed by atoms with Crippen LogP contribution in [0.1, 0.15) is 27.6 Å². The van der Waals surface area contributed by atoms with Gasteiger partial charge in [-0.25, -0.2) is 4.79 Å². The smallest absolute Gasteiger partial charge is 0.339 e. The SMILES string of the molecule is CC(N)=C(C#N)C(=O)COC(=O)c1ccccc1C(=O)N(C)c1ccccc1. The summed E-state index contributed by atoms with van der Waals surface area (Å²) in [5.41, 5.74) is 6.07. The van der Waals surface area contributed by atoms with E-state index >= 15 is 0 Å². The number of anilines is 1. The molecule has 0 radical (unpaired) electrons. The quantitative estimate of drug-likeness (QED) is 0.470. The van der Waals surface area contributed by atoms with E-state index in [0.717, 1.165) is 0 Å². The molecule has 2 aromatic rings. The van der Waals surface area contributed by atoms with Crippen molar-refractivity contribution in [1.82, 2.24) is 0 Å². The number of rotatable bonds is 6. The fourth-order valence-electron chi connectivity index (χ4n) is 2.45. The van der Waals surface area contributed by atoms with E-state index in [1.807, 2.05) is 6.07 Å². The first-order valence-electron chi connectivity index (χ1n) is 8.35. The summed E-state index contributed by atoms with van der Waals surface area (Å²) in [6.07, 6.45) is 0. The predicted molar refractivity (Wildman–Crippen MR) is 103 cm³/mol. The number of Topliss-reactive ketones (excluding diaryl/α,β-unsaturated/α-hetero) is 1. The molecule has 0 aromatic heterocycles. The molecule has 0 atom stereocenters. The van der Waals surface area contributed by atoms with E-state index in [1.54, 1.807) is 49.5 Å². The second kappa shape index (κ2) is 9.14. The Bertz CT molecular complexity index is 971. The second-order valence-corrected chi connectivity index (χ2v) is 5.91. The predicted octanol–water partition coefficient (Wildman–Crippen LogP) is 2.45. The molecule has 142 valence electrons. The van der Waals surface area contributed by atoms with Gasteiger partial charge in [0.2, 0.25) is 5.78 Å². The molecular weight excluding hydrogens is 358 g/mol. The van der Waals surface area contributed by atoms with Gasteiger partial charge in [0, 0.05) is 18.4 Å². The minimum absolute atomic E-state index is 0.0232. The van der Waals surface area contributed by atoms with E-state index in [9.17, 15) is 14.4 Å². The summed E-state index contributed by atoms with van der Waals surface area (Å²) in [6, 6.07) is 16.8. The van der Waals surface area contributed by atoms with Gasteiger partial charge in [-0.15, -0.1) is 0 Å². The van der Waals surface area contributed by atoms with E-state index in [-0.39, 0.29) is 22.4 Å². The van der Waals surface area contributed by atoms with E-state index in [2.05, 4.69) is 0 Å². The van der Waals surface area contributed by atoms with Gasteiger partial charge in [0.25, 0.3) is 5.91 Å². The second-order valence-electron chi connectivity index (χ2n) is 5.91. The van der Waals surface area contributed by atoms with Crippen molar-refractivity contribution in [2.24, 2.45) is 5.73 Å². The largest absolute Gasteiger partial charge is 0.454 e. The van der Waals surface area contributed by atoms with Crippen LogP contribution in [0.25, 0.3) is 0 Å². The molecule has 0 saturated heterocycles. The third-order valence-corrected chi connectivity index (χ3v) is 3.94. The van der Waals surface area contributed by atoms with Crippen molar-refractivity contribution in [3.63, 3.8) is 0 Å². The van der Waals surface area contributed by atoms with Crippen LogP contribution in [0.15, 0.2) is 65.9 Å². The summed E-state index contributed by atoms with van der Waals surface area (Å²) in [6.45, 7) is 0.763. The average Bonchev–Trinajstić information content (AvgIpc) is 2.71. The Labute approximate surface area is 162 Å². The lowest BCUT2D eigenvalue weighted by atomic mass is 10.1. The molecule has 7 heteroatoms. The van der Waals surface area contributed by atoms with Crippen LogP contribution in [0.5, 0.6) is 0 Å². The molecule has 1 amide bonds. The maximum Gasteiger partial charge on any atom is 0.339 e. The number of carbonyl (C=O) groups excluding carboxylic acids is 3. The normalized spacial score (nSPS) is 11.0. The van der Waals surface area contributed by atoms with Crippen LogP contribution in [0, 0.1) is 11.3 Å². The highest BCUT2D eigenvalue weighted by molar-refractivity contribution is 6.12. The molecule has 0 heterocycles. The van der Waals surface area contributed by atoms with Crippen LogP contribution < -0.4 is 10.6 Å². The highest BCUT2D eigenvalue weighted by Crippen LogP contribution is 2.18. The number of nitrogens with two attached hydrogens (primary N) is 1. The third-order valence-electron chi connectivity index (χ3n) is 3.94. The molecule has 0 aliphatic carbocycles. The summed E-state index contributed by atoms with van der Waals surface area (Å²) in [5, 5.41) is 8.94. The first-order valence-corrected chi connectivity index (χ1v) is 8.35. The standard InChI is InChI=1S/C21H19N3O4/c1-14(23)18(12-22)19(25)13-28-21(27)17-11-7-6-10-16(17)20(26)24(2)15-8-4-3-5-9-15/h3-11H,13,23H2,1-2H3. The topological polar surface area (TPSA) is 113 Å². The van der Waals surface area contributed by atoms with E-state index < -0.39 is 24.3 Å². The first-order chi connectivity index (χ1) is 13.4. The Kier molecular flexibility index (Phi) is 6.66. The lowest BCUT2D eigenvalue weighted by molar-refractivity contribution is -0.118. The maximum absolute atomic E-state index is 12.8. The van der Waals surface area contributed by atoms with E-state index in [1.165, 1.54) is 24.0 Å². The van der Waals surface area contributed by atoms with E-state index in [0.29, 0.717) is 5.69 Å². The summed E-state index contributed by atoms with van der Waals surface area (Å²) >= 11 is 0. The number of allylic oxidation sites excluding steroid dienone is 1. The number of benzene rings is 2. The molecule has 0 aliphatic rings. The molecule has 0 saturated carbocycles. The van der Waals surface area contributed by atoms with Gasteiger partial charge >= 0.3 is 5.97 Å². The van der Waals surface area contributed by atoms with Crippen LogP contribution in [-0.4, -0.2) is 31.3 Å². The van der Waals surface area contributed by atoms with Crippen molar-refractivity contribution in [2.75, 3.05) is 18.6 Å². The molecule has 2 N–H and O–H groups in total. The van der Waals surface area contributed by atoms with Gasteiger partial charge in [-0.05, 0) is 31.2 Å². The Morgan fingerprint density at radius 1 is 1.04 bits per heavy atom. The van der Waals surface area contributed by atoms with Gasteiger partial charge in [0.1, 0.15) is 11.6 Å². The molecule has 0 fully saturated rings. The van der Waals surface area contributed by atoms with Gasteiger partial charge in [-0.2, -0.15) is 5.26 Å². The Hall–Kier alpha value is -3.92. The monoisotopic (exact) mass is 377 g/mol.